The summed E-state index contributed by atoms with van der Waals surface area (Å²) in [7, 11) is 0. The summed E-state index contributed by atoms with van der Waals surface area (Å²) in [6.07, 6.45) is 6.38. The molecular formula is C22H29FN4O. The van der Waals surface area contributed by atoms with Gasteiger partial charge in [0.15, 0.2) is 5.82 Å². The van der Waals surface area contributed by atoms with Crippen LogP contribution in [0.4, 0.5) is 4.39 Å². The van der Waals surface area contributed by atoms with Crippen LogP contribution in [0.25, 0.3) is 0 Å². The van der Waals surface area contributed by atoms with Gasteiger partial charge in [0.25, 0.3) is 0 Å². The van der Waals surface area contributed by atoms with E-state index in [1.807, 2.05) is 31.2 Å². The number of likely N-dealkylation sites (tertiary alicyclic amines) is 1. The molecule has 150 valence electrons. The van der Waals surface area contributed by atoms with E-state index in [-0.39, 0.29) is 17.7 Å². The molecule has 0 spiro atoms. The van der Waals surface area contributed by atoms with Gasteiger partial charge < -0.3 is 4.90 Å². The first-order chi connectivity index (χ1) is 13.7. The predicted molar refractivity (Wildman–Crippen MR) is 106 cm³/mol. The van der Waals surface area contributed by atoms with Crippen LogP contribution in [0.5, 0.6) is 0 Å². The fraction of sp³-hybridized carbons (Fsp3) is 0.591. The molecule has 1 N–H and O–H groups in total. The molecule has 1 saturated carbocycles. The molecule has 2 atom stereocenters. The molecule has 4 rings (SSSR count). The minimum atomic E-state index is -0.446. The van der Waals surface area contributed by atoms with Gasteiger partial charge in [-0.1, -0.05) is 43.5 Å². The summed E-state index contributed by atoms with van der Waals surface area (Å²) >= 11 is 0. The maximum Gasteiger partial charge on any atom is 0.227 e. The monoisotopic (exact) mass is 384 g/mol. The minimum absolute atomic E-state index is 0.0577. The van der Waals surface area contributed by atoms with Gasteiger partial charge in [0.05, 0.1) is 13.1 Å². The third-order valence-electron chi connectivity index (χ3n) is 6.44. The van der Waals surface area contributed by atoms with Gasteiger partial charge in [-0.2, -0.15) is 5.10 Å². The fourth-order valence-corrected chi connectivity index (χ4v) is 4.62. The molecule has 2 heterocycles. The summed E-state index contributed by atoms with van der Waals surface area (Å²) in [6.45, 7) is 2.53. The fourth-order valence-electron chi connectivity index (χ4n) is 4.62. The van der Waals surface area contributed by atoms with Crippen molar-refractivity contribution in [2.24, 2.45) is 5.92 Å². The van der Waals surface area contributed by atoms with Gasteiger partial charge in [-0.3, -0.25) is 14.3 Å². The summed E-state index contributed by atoms with van der Waals surface area (Å²) in [4.78, 5) is 19.3. The average Bonchev–Trinajstić information content (AvgIpc) is 3.37. The van der Waals surface area contributed by atoms with Crippen molar-refractivity contribution in [3.8, 4) is 0 Å². The third-order valence-corrected chi connectivity index (χ3v) is 6.44. The molecule has 1 aromatic heterocycles. The number of benzene rings is 1. The number of amides is 1. The van der Waals surface area contributed by atoms with Crippen LogP contribution in [-0.2, 0) is 11.2 Å². The number of nitrogens with zero attached hydrogens (tertiary/aromatic N) is 3. The SMILES string of the molecule is Cc1ccccc1CC(=O)N1CC(CF)C(c2nc(C3CCCCC3)n[nH]2)C1. The highest BCUT2D eigenvalue weighted by molar-refractivity contribution is 5.79. The summed E-state index contributed by atoms with van der Waals surface area (Å²) in [5, 5.41) is 7.50. The molecule has 1 aliphatic heterocycles. The minimum Gasteiger partial charge on any atom is -0.341 e. The Hall–Kier alpha value is -2.24. The van der Waals surface area contributed by atoms with Crippen LogP contribution in [0, 0.1) is 12.8 Å². The van der Waals surface area contributed by atoms with E-state index < -0.39 is 6.67 Å². The zero-order chi connectivity index (χ0) is 19.5. The second-order valence-electron chi connectivity index (χ2n) is 8.34. The first kappa shape index (κ1) is 19.1. The van der Waals surface area contributed by atoms with Crippen molar-refractivity contribution in [1.82, 2.24) is 20.1 Å². The van der Waals surface area contributed by atoms with Gasteiger partial charge in [0.2, 0.25) is 5.91 Å². The van der Waals surface area contributed by atoms with Crippen LogP contribution in [0.15, 0.2) is 24.3 Å². The number of carbonyl (C=O) groups is 1. The quantitative estimate of drug-likeness (QED) is 0.850. The molecule has 1 saturated heterocycles. The molecule has 5 nitrogen and oxygen atoms in total. The van der Waals surface area contributed by atoms with Crippen molar-refractivity contribution < 1.29 is 9.18 Å². The number of halogens is 1. The first-order valence-electron chi connectivity index (χ1n) is 10.5. The second kappa shape index (κ2) is 8.41. The molecule has 1 amide bonds. The third kappa shape index (κ3) is 3.96. The number of aryl methyl sites for hydroxylation is 1. The van der Waals surface area contributed by atoms with Gasteiger partial charge in [0.1, 0.15) is 5.82 Å². The highest BCUT2D eigenvalue weighted by Gasteiger charge is 2.38. The molecule has 1 aliphatic carbocycles. The summed E-state index contributed by atoms with van der Waals surface area (Å²) in [5.74, 6) is 1.78. The lowest BCUT2D eigenvalue weighted by molar-refractivity contribution is -0.129. The number of carbonyl (C=O) groups excluding carboxylic acids is 1. The topological polar surface area (TPSA) is 61.9 Å². The molecule has 6 heteroatoms. The number of rotatable bonds is 5. The lowest BCUT2D eigenvalue weighted by atomic mass is 9.89. The van der Waals surface area contributed by atoms with Gasteiger partial charge >= 0.3 is 0 Å². The molecule has 2 fully saturated rings. The lowest BCUT2D eigenvalue weighted by Crippen LogP contribution is -2.30. The normalized spacial score (nSPS) is 23.3. The van der Waals surface area contributed by atoms with E-state index >= 15 is 0 Å². The van der Waals surface area contributed by atoms with Crippen molar-refractivity contribution in [3.05, 3.63) is 47.0 Å². The summed E-state index contributed by atoms with van der Waals surface area (Å²) in [6, 6.07) is 7.93. The number of alkyl halides is 1. The van der Waals surface area contributed by atoms with Crippen LogP contribution in [0.3, 0.4) is 0 Å². The van der Waals surface area contributed by atoms with Gasteiger partial charge in [0, 0.05) is 30.8 Å². The maximum absolute atomic E-state index is 13.7. The number of H-pyrrole nitrogens is 1. The predicted octanol–water partition coefficient (Wildman–Crippen LogP) is 3.92. The second-order valence-corrected chi connectivity index (χ2v) is 8.34. The van der Waals surface area contributed by atoms with Crippen LogP contribution >= 0.6 is 0 Å². The van der Waals surface area contributed by atoms with Crippen LogP contribution in [0.2, 0.25) is 0 Å². The Labute approximate surface area is 165 Å². The Bertz CT molecular complexity index is 814. The summed E-state index contributed by atoms with van der Waals surface area (Å²) < 4.78 is 13.7. The molecule has 0 radical (unpaired) electrons. The first-order valence-corrected chi connectivity index (χ1v) is 10.5. The van der Waals surface area contributed by atoms with Crippen molar-refractivity contribution in [1.29, 1.82) is 0 Å². The molecular weight excluding hydrogens is 355 g/mol. The Morgan fingerprint density at radius 1 is 1.21 bits per heavy atom. The van der Waals surface area contributed by atoms with E-state index in [1.165, 1.54) is 19.3 Å². The van der Waals surface area contributed by atoms with E-state index in [4.69, 9.17) is 4.98 Å². The van der Waals surface area contributed by atoms with E-state index in [1.54, 1.807) is 4.90 Å². The highest BCUT2D eigenvalue weighted by atomic mass is 19.1. The van der Waals surface area contributed by atoms with E-state index in [9.17, 15) is 9.18 Å². The van der Waals surface area contributed by atoms with Crippen LogP contribution in [0.1, 0.15) is 66.7 Å². The number of aromatic nitrogens is 3. The Kier molecular flexibility index (Phi) is 5.74. The average molecular weight is 384 g/mol. The van der Waals surface area contributed by atoms with Crippen molar-refractivity contribution in [3.63, 3.8) is 0 Å². The Morgan fingerprint density at radius 3 is 2.75 bits per heavy atom. The molecule has 28 heavy (non-hydrogen) atoms. The molecule has 2 aromatic rings. The Balaban J connectivity index is 1.44. The largest absolute Gasteiger partial charge is 0.341 e. The molecule has 0 bridgehead atoms. The van der Waals surface area contributed by atoms with E-state index in [2.05, 4.69) is 10.2 Å². The van der Waals surface area contributed by atoms with Crippen molar-refractivity contribution in [2.45, 2.75) is 57.3 Å². The Morgan fingerprint density at radius 2 is 2.00 bits per heavy atom. The number of hydrogen-bond acceptors (Lipinski definition) is 3. The number of nitrogens with one attached hydrogen (secondary N) is 1. The maximum atomic E-state index is 13.7. The standard InChI is InChI=1S/C22H29FN4O/c1-15-7-5-6-10-17(15)11-20(28)27-13-18(12-23)19(14-27)22-24-21(25-26-22)16-8-3-2-4-9-16/h5-7,10,16,18-19H,2-4,8-9,11-14H2,1H3,(H,24,25,26). The van der Waals surface area contributed by atoms with Crippen LogP contribution in [-0.4, -0.2) is 45.8 Å². The van der Waals surface area contributed by atoms with E-state index in [0.29, 0.717) is 25.4 Å². The molecule has 2 unspecified atom stereocenters. The van der Waals surface area contributed by atoms with Crippen LogP contribution < -0.4 is 0 Å². The van der Waals surface area contributed by atoms with Crippen molar-refractivity contribution in [2.75, 3.05) is 19.8 Å². The lowest BCUT2D eigenvalue weighted by Gasteiger charge is -2.18. The highest BCUT2D eigenvalue weighted by Crippen LogP contribution is 2.34. The van der Waals surface area contributed by atoms with Crippen molar-refractivity contribution >= 4 is 5.91 Å². The molecule has 1 aromatic carbocycles. The van der Waals surface area contributed by atoms with Gasteiger partial charge in [-0.05, 0) is 30.9 Å². The zero-order valence-corrected chi connectivity index (χ0v) is 16.5. The van der Waals surface area contributed by atoms with Gasteiger partial charge in [-0.25, -0.2) is 4.98 Å². The summed E-state index contributed by atoms with van der Waals surface area (Å²) in [5.41, 5.74) is 2.15. The van der Waals surface area contributed by atoms with E-state index in [0.717, 1.165) is 35.6 Å². The van der Waals surface area contributed by atoms with Gasteiger partial charge in [-0.15, -0.1) is 0 Å². The smallest absolute Gasteiger partial charge is 0.227 e. The number of hydrogen-bond donors (Lipinski definition) is 1. The number of aromatic amines is 1. The molecule has 2 aliphatic rings. The zero-order valence-electron chi connectivity index (χ0n) is 16.5.